The van der Waals surface area contributed by atoms with Gasteiger partial charge in [0.2, 0.25) is 0 Å². The Morgan fingerprint density at radius 1 is 1.10 bits per heavy atom. The van der Waals surface area contributed by atoms with E-state index in [0.29, 0.717) is 30.9 Å². The molecule has 0 aliphatic carbocycles. The number of imide groups is 1. The molecule has 0 spiro atoms. The first-order chi connectivity index (χ1) is 14.4. The van der Waals surface area contributed by atoms with E-state index < -0.39 is 16.7 Å². The summed E-state index contributed by atoms with van der Waals surface area (Å²) < 4.78 is 5.30. The molecule has 0 bridgehead atoms. The van der Waals surface area contributed by atoms with Crippen LogP contribution in [0.4, 0.5) is 11.4 Å². The molecule has 2 amide bonds. The zero-order valence-electron chi connectivity index (χ0n) is 16.9. The Morgan fingerprint density at radius 2 is 1.83 bits per heavy atom. The van der Waals surface area contributed by atoms with Gasteiger partial charge in [-0.25, -0.2) is 0 Å². The number of nitro groups is 1. The second-order valence-corrected chi connectivity index (χ2v) is 6.86. The number of hydrogen-bond acceptors (Lipinski definition) is 6. The first-order valence-electron chi connectivity index (χ1n) is 9.69. The number of nitro benzene ring substituents is 1. The van der Waals surface area contributed by atoms with Crippen LogP contribution < -0.4 is 5.32 Å². The summed E-state index contributed by atoms with van der Waals surface area (Å²) in [5, 5.41) is 14.0. The minimum Gasteiger partial charge on any atom is -0.382 e. The summed E-state index contributed by atoms with van der Waals surface area (Å²) in [6.07, 6.45) is 0.524. The number of aryl methyl sites for hydroxylation is 1. The highest BCUT2D eigenvalue weighted by Gasteiger charge is 2.39. The van der Waals surface area contributed by atoms with E-state index in [0.717, 1.165) is 5.56 Å². The predicted octanol–water partition coefficient (Wildman–Crippen LogP) is 3.52. The highest BCUT2D eigenvalue weighted by atomic mass is 16.6. The van der Waals surface area contributed by atoms with Crippen molar-refractivity contribution >= 4 is 28.8 Å². The Hall–Kier alpha value is -3.52. The zero-order chi connectivity index (χ0) is 21.7. The number of anilines is 1. The standard InChI is InChI=1S/C22H23N3O5/c1-3-30-13-5-12-24-21(26)19(16-8-10-18(11-9-16)25(28)29)20(22(24)27)23-17-7-4-6-15(2)14-17/h4,6-11,14,23H,3,5,12-13H2,1-2H3. The largest absolute Gasteiger partial charge is 0.382 e. The summed E-state index contributed by atoms with van der Waals surface area (Å²) in [6.45, 7) is 5.05. The van der Waals surface area contributed by atoms with Crippen molar-refractivity contribution in [2.45, 2.75) is 20.3 Å². The van der Waals surface area contributed by atoms with Crippen molar-refractivity contribution < 1.29 is 19.2 Å². The van der Waals surface area contributed by atoms with Crippen molar-refractivity contribution in [2.75, 3.05) is 25.1 Å². The van der Waals surface area contributed by atoms with Crippen molar-refractivity contribution in [1.29, 1.82) is 0 Å². The summed E-state index contributed by atoms with van der Waals surface area (Å²) >= 11 is 0. The van der Waals surface area contributed by atoms with Crippen LogP contribution in [0.5, 0.6) is 0 Å². The molecule has 8 heteroatoms. The highest BCUT2D eigenvalue weighted by Crippen LogP contribution is 2.31. The lowest BCUT2D eigenvalue weighted by Gasteiger charge is -2.15. The molecule has 0 radical (unpaired) electrons. The fourth-order valence-electron chi connectivity index (χ4n) is 3.25. The molecule has 0 atom stereocenters. The van der Waals surface area contributed by atoms with E-state index in [1.165, 1.54) is 29.2 Å². The lowest BCUT2D eigenvalue weighted by atomic mass is 10.0. The van der Waals surface area contributed by atoms with E-state index in [1.54, 1.807) is 0 Å². The number of nitrogens with zero attached hydrogens (tertiary/aromatic N) is 2. The first-order valence-corrected chi connectivity index (χ1v) is 9.69. The van der Waals surface area contributed by atoms with Crippen LogP contribution in [0.1, 0.15) is 24.5 Å². The maximum atomic E-state index is 13.1. The Kier molecular flexibility index (Phi) is 6.58. The topological polar surface area (TPSA) is 102 Å². The first kappa shape index (κ1) is 21.2. The van der Waals surface area contributed by atoms with Crippen LogP contribution in [0.2, 0.25) is 0 Å². The molecule has 1 N–H and O–H groups in total. The van der Waals surface area contributed by atoms with Crippen LogP contribution in [-0.4, -0.2) is 41.4 Å². The molecule has 0 saturated heterocycles. The van der Waals surface area contributed by atoms with Crippen LogP contribution in [0.3, 0.4) is 0 Å². The number of carbonyl (C=O) groups excluding carboxylic acids is 2. The van der Waals surface area contributed by atoms with E-state index in [2.05, 4.69) is 5.32 Å². The van der Waals surface area contributed by atoms with Gasteiger partial charge < -0.3 is 10.1 Å². The van der Waals surface area contributed by atoms with Crippen LogP contribution in [-0.2, 0) is 14.3 Å². The van der Waals surface area contributed by atoms with Gasteiger partial charge in [0.05, 0.1) is 10.5 Å². The lowest BCUT2D eigenvalue weighted by Crippen LogP contribution is -2.34. The van der Waals surface area contributed by atoms with Crippen molar-refractivity contribution in [1.82, 2.24) is 4.90 Å². The Labute approximate surface area is 174 Å². The second kappa shape index (κ2) is 9.32. The average Bonchev–Trinajstić information content (AvgIpc) is 2.95. The number of benzene rings is 2. The molecule has 0 aromatic heterocycles. The quantitative estimate of drug-likeness (QED) is 0.294. The molecular weight excluding hydrogens is 386 g/mol. The zero-order valence-corrected chi connectivity index (χ0v) is 16.9. The molecule has 1 aliphatic heterocycles. The van der Waals surface area contributed by atoms with Gasteiger partial charge in [-0.3, -0.25) is 24.6 Å². The SMILES string of the molecule is CCOCCCN1C(=O)C(Nc2cccc(C)c2)=C(c2ccc([N+](=O)[O-])cc2)C1=O. The van der Waals surface area contributed by atoms with Crippen LogP contribution in [0.25, 0.3) is 5.57 Å². The molecule has 0 saturated carbocycles. The summed E-state index contributed by atoms with van der Waals surface area (Å²) in [5.74, 6) is -0.855. The molecule has 0 fully saturated rings. The van der Waals surface area contributed by atoms with Gasteiger partial charge in [-0.2, -0.15) is 0 Å². The number of carbonyl (C=O) groups is 2. The number of rotatable bonds is 9. The molecular formula is C22H23N3O5. The van der Waals surface area contributed by atoms with Gasteiger partial charge in [0, 0.05) is 37.6 Å². The van der Waals surface area contributed by atoms with Crippen LogP contribution >= 0.6 is 0 Å². The summed E-state index contributed by atoms with van der Waals surface area (Å²) in [4.78, 5) is 37.8. The van der Waals surface area contributed by atoms with Crippen molar-refractivity contribution in [2.24, 2.45) is 0 Å². The molecule has 8 nitrogen and oxygen atoms in total. The normalized spacial score (nSPS) is 13.9. The molecule has 2 aromatic rings. The number of non-ortho nitro benzene ring substituents is 1. The fourth-order valence-corrected chi connectivity index (χ4v) is 3.25. The minimum atomic E-state index is -0.508. The molecule has 1 heterocycles. The third kappa shape index (κ3) is 4.55. The summed E-state index contributed by atoms with van der Waals surface area (Å²) in [7, 11) is 0. The van der Waals surface area contributed by atoms with Gasteiger partial charge in [0.1, 0.15) is 5.70 Å². The predicted molar refractivity (Wildman–Crippen MR) is 113 cm³/mol. The fraction of sp³-hybridized carbons (Fsp3) is 0.273. The van der Waals surface area contributed by atoms with E-state index >= 15 is 0 Å². The van der Waals surface area contributed by atoms with E-state index in [1.807, 2.05) is 38.1 Å². The minimum absolute atomic E-state index is 0.0853. The lowest BCUT2D eigenvalue weighted by molar-refractivity contribution is -0.384. The molecule has 3 rings (SSSR count). The third-order valence-electron chi connectivity index (χ3n) is 4.70. The van der Waals surface area contributed by atoms with E-state index in [4.69, 9.17) is 4.74 Å². The van der Waals surface area contributed by atoms with E-state index in [9.17, 15) is 19.7 Å². The monoisotopic (exact) mass is 409 g/mol. The van der Waals surface area contributed by atoms with Crippen molar-refractivity contribution in [3.05, 3.63) is 75.5 Å². The average molecular weight is 409 g/mol. The number of amides is 2. The van der Waals surface area contributed by atoms with E-state index in [-0.39, 0.29) is 23.5 Å². The van der Waals surface area contributed by atoms with Gasteiger partial charge in [0.25, 0.3) is 17.5 Å². The maximum Gasteiger partial charge on any atom is 0.278 e. The van der Waals surface area contributed by atoms with Crippen molar-refractivity contribution in [3.63, 3.8) is 0 Å². The number of ether oxygens (including phenoxy) is 1. The molecule has 1 aliphatic rings. The maximum absolute atomic E-state index is 13.1. The summed E-state index contributed by atoms with van der Waals surface area (Å²) in [6, 6.07) is 13.1. The Bertz CT molecular complexity index is 998. The van der Waals surface area contributed by atoms with Gasteiger partial charge in [0.15, 0.2) is 0 Å². The Balaban J connectivity index is 1.96. The highest BCUT2D eigenvalue weighted by molar-refractivity contribution is 6.36. The molecule has 30 heavy (non-hydrogen) atoms. The summed E-state index contributed by atoms with van der Waals surface area (Å²) in [5.41, 5.74) is 2.41. The third-order valence-corrected chi connectivity index (χ3v) is 4.70. The van der Waals surface area contributed by atoms with Gasteiger partial charge >= 0.3 is 0 Å². The van der Waals surface area contributed by atoms with Gasteiger partial charge in [-0.15, -0.1) is 0 Å². The van der Waals surface area contributed by atoms with Gasteiger partial charge in [-0.05, 0) is 55.7 Å². The Morgan fingerprint density at radius 3 is 2.47 bits per heavy atom. The number of nitrogens with one attached hydrogen (secondary N) is 1. The van der Waals surface area contributed by atoms with Gasteiger partial charge in [-0.1, -0.05) is 12.1 Å². The number of hydrogen-bond donors (Lipinski definition) is 1. The molecule has 156 valence electrons. The molecule has 2 aromatic carbocycles. The molecule has 0 unspecified atom stereocenters. The van der Waals surface area contributed by atoms with Crippen molar-refractivity contribution in [3.8, 4) is 0 Å². The second-order valence-electron chi connectivity index (χ2n) is 6.86. The van der Waals surface area contributed by atoms with Crippen LogP contribution in [0, 0.1) is 17.0 Å². The van der Waals surface area contributed by atoms with Crippen LogP contribution in [0.15, 0.2) is 54.2 Å². The smallest absolute Gasteiger partial charge is 0.278 e.